The molecule has 4 rings (SSSR count). The van der Waals surface area contributed by atoms with E-state index in [0.29, 0.717) is 31.8 Å². The summed E-state index contributed by atoms with van der Waals surface area (Å²) >= 11 is 0. The van der Waals surface area contributed by atoms with Crippen LogP contribution >= 0.6 is 0 Å². The third-order valence-corrected chi connectivity index (χ3v) is 7.06. The molecule has 10 heteroatoms. The smallest absolute Gasteiger partial charge is 0.408 e. The van der Waals surface area contributed by atoms with Crippen molar-refractivity contribution in [3.8, 4) is 0 Å². The molecule has 40 heavy (non-hydrogen) atoms. The van der Waals surface area contributed by atoms with Gasteiger partial charge in [-0.05, 0) is 56.3 Å². The fourth-order valence-corrected chi connectivity index (χ4v) is 4.76. The number of amides is 1. The Bertz CT molecular complexity index is 1170. The van der Waals surface area contributed by atoms with Crippen LogP contribution in [0.3, 0.4) is 0 Å². The van der Waals surface area contributed by atoms with Gasteiger partial charge in [-0.15, -0.1) is 0 Å². The molecule has 2 heterocycles. The molecule has 1 aliphatic rings. The number of rotatable bonds is 15. The molecule has 1 amide bonds. The van der Waals surface area contributed by atoms with Gasteiger partial charge >= 0.3 is 6.09 Å². The highest BCUT2D eigenvalue weighted by molar-refractivity contribution is 5.98. The van der Waals surface area contributed by atoms with Crippen LogP contribution < -0.4 is 11.1 Å². The van der Waals surface area contributed by atoms with Gasteiger partial charge in [0, 0.05) is 26.2 Å². The molecule has 1 aromatic heterocycles. The molecule has 0 radical (unpaired) electrons. The number of nitrogens with one attached hydrogen (secondary N) is 1. The fourth-order valence-electron chi connectivity index (χ4n) is 4.76. The molecular formula is C30H40N6O4. The number of hydrogen-bond acceptors (Lipinski definition) is 9. The van der Waals surface area contributed by atoms with Crippen molar-refractivity contribution in [1.82, 2.24) is 25.3 Å². The molecule has 1 fully saturated rings. The third-order valence-electron chi connectivity index (χ3n) is 7.06. The van der Waals surface area contributed by atoms with Gasteiger partial charge in [0.2, 0.25) is 17.5 Å². The van der Waals surface area contributed by atoms with Gasteiger partial charge in [-0.25, -0.2) is 4.79 Å². The number of hydrogen-bond donors (Lipinski definition) is 2. The fraction of sp³-hybridized carbons (Fsp3) is 0.467. The van der Waals surface area contributed by atoms with Gasteiger partial charge in [-0.1, -0.05) is 65.8 Å². The number of carbonyl (C=O) groups excluding carboxylic acids is 2. The molecule has 3 aromatic rings. The highest BCUT2D eigenvalue weighted by Gasteiger charge is 2.27. The van der Waals surface area contributed by atoms with Crippen molar-refractivity contribution < 1.29 is 18.8 Å². The average Bonchev–Trinajstić information content (AvgIpc) is 3.46. The molecule has 10 nitrogen and oxygen atoms in total. The zero-order valence-electron chi connectivity index (χ0n) is 23.0. The van der Waals surface area contributed by atoms with Gasteiger partial charge in [-0.3, -0.25) is 9.69 Å². The van der Waals surface area contributed by atoms with Crippen molar-refractivity contribution >= 4 is 11.9 Å². The Morgan fingerprint density at radius 2 is 1.60 bits per heavy atom. The van der Waals surface area contributed by atoms with E-state index >= 15 is 0 Å². The topological polar surface area (TPSA) is 127 Å². The summed E-state index contributed by atoms with van der Waals surface area (Å²) in [7, 11) is 0. The number of piperazine rings is 1. The number of carbonyl (C=O) groups is 2. The molecule has 1 atom stereocenters. The SMILES string of the molecule is NCCCC[C@H](NC(=O)OCc1ccccc1)C(=O)c1noc(CN2CCN(CCCc3ccccc3)CC2)n1. The van der Waals surface area contributed by atoms with E-state index in [9.17, 15) is 9.59 Å². The first-order chi connectivity index (χ1) is 19.6. The van der Waals surface area contributed by atoms with Crippen molar-refractivity contribution in [2.45, 2.75) is 51.3 Å². The summed E-state index contributed by atoms with van der Waals surface area (Å²) in [5, 5.41) is 6.60. The molecule has 0 saturated carbocycles. The van der Waals surface area contributed by atoms with Crippen LogP contribution in [0.25, 0.3) is 0 Å². The number of unbranched alkanes of at least 4 members (excludes halogenated alkanes) is 1. The number of Topliss-reactive ketones (excluding diaryl/α,β-unsaturated/α-hetero) is 1. The van der Waals surface area contributed by atoms with Crippen LogP contribution in [0.2, 0.25) is 0 Å². The van der Waals surface area contributed by atoms with Gasteiger partial charge in [0.15, 0.2) is 0 Å². The lowest BCUT2D eigenvalue weighted by atomic mass is 10.0. The number of aromatic nitrogens is 2. The van der Waals surface area contributed by atoms with E-state index in [1.807, 2.05) is 36.4 Å². The van der Waals surface area contributed by atoms with E-state index in [-0.39, 0.29) is 12.4 Å². The molecule has 214 valence electrons. The highest BCUT2D eigenvalue weighted by Crippen LogP contribution is 2.12. The van der Waals surface area contributed by atoms with Gasteiger partial charge in [0.25, 0.3) is 0 Å². The number of nitrogens with zero attached hydrogens (tertiary/aromatic N) is 4. The Balaban J connectivity index is 1.23. The Hall–Kier alpha value is -3.60. The van der Waals surface area contributed by atoms with Gasteiger partial charge < -0.3 is 25.2 Å². The van der Waals surface area contributed by atoms with Crippen LogP contribution in [0.4, 0.5) is 4.79 Å². The van der Waals surface area contributed by atoms with Crippen molar-refractivity contribution in [2.24, 2.45) is 5.73 Å². The van der Waals surface area contributed by atoms with E-state index in [2.05, 4.69) is 49.5 Å². The predicted octanol–water partition coefficient (Wildman–Crippen LogP) is 3.43. The standard InChI is InChI=1S/C30H40N6O4/c31-16-8-7-15-26(32-30(38)39-23-25-12-5-2-6-13-25)28(37)29-33-27(40-34-29)22-36-20-18-35(19-21-36)17-9-14-24-10-3-1-4-11-24/h1-6,10-13,26H,7-9,14-23,31H2,(H,32,38)/t26-/m0/s1. The lowest BCUT2D eigenvalue weighted by Crippen LogP contribution is -2.46. The number of alkyl carbamates (subject to hydrolysis) is 1. The molecule has 3 N–H and O–H groups in total. The van der Waals surface area contributed by atoms with E-state index < -0.39 is 17.9 Å². The molecule has 1 saturated heterocycles. The van der Waals surface area contributed by atoms with Gasteiger partial charge in [0.1, 0.15) is 6.61 Å². The van der Waals surface area contributed by atoms with Crippen LogP contribution in [-0.4, -0.2) is 77.1 Å². The molecule has 0 bridgehead atoms. The third kappa shape index (κ3) is 9.55. The summed E-state index contributed by atoms with van der Waals surface area (Å²) in [6, 6.07) is 19.1. The molecule has 2 aromatic carbocycles. The van der Waals surface area contributed by atoms with E-state index in [1.165, 1.54) is 5.56 Å². The van der Waals surface area contributed by atoms with Crippen LogP contribution in [0.1, 0.15) is 53.3 Å². The van der Waals surface area contributed by atoms with Gasteiger partial charge in [-0.2, -0.15) is 4.98 Å². The van der Waals surface area contributed by atoms with Crippen LogP contribution in [0, 0.1) is 0 Å². The monoisotopic (exact) mass is 548 g/mol. The predicted molar refractivity (Wildman–Crippen MR) is 152 cm³/mol. The van der Waals surface area contributed by atoms with Crippen LogP contribution in [0.15, 0.2) is 65.2 Å². The normalized spacial score (nSPS) is 15.0. The lowest BCUT2D eigenvalue weighted by Gasteiger charge is -2.33. The molecule has 0 aliphatic carbocycles. The quantitative estimate of drug-likeness (QED) is 0.217. The first-order valence-electron chi connectivity index (χ1n) is 14.1. The minimum Gasteiger partial charge on any atom is -0.445 e. The number of ether oxygens (including phenoxy) is 1. The number of aryl methyl sites for hydroxylation is 1. The first kappa shape index (κ1) is 29.4. The second kappa shape index (κ2) is 15.9. The number of ketones is 1. The average molecular weight is 549 g/mol. The summed E-state index contributed by atoms with van der Waals surface area (Å²) in [5.74, 6) is -0.0317. The second-order valence-corrected chi connectivity index (χ2v) is 10.1. The van der Waals surface area contributed by atoms with E-state index in [4.69, 9.17) is 15.0 Å². The Morgan fingerprint density at radius 1 is 0.925 bits per heavy atom. The van der Waals surface area contributed by atoms with Crippen molar-refractivity contribution in [3.05, 3.63) is 83.5 Å². The molecule has 0 spiro atoms. The van der Waals surface area contributed by atoms with E-state index in [0.717, 1.165) is 57.5 Å². The zero-order valence-corrected chi connectivity index (χ0v) is 23.0. The molecule has 1 aliphatic heterocycles. The highest BCUT2D eigenvalue weighted by atomic mass is 16.5. The molecule has 0 unspecified atom stereocenters. The molecular weight excluding hydrogens is 508 g/mol. The second-order valence-electron chi connectivity index (χ2n) is 10.1. The summed E-state index contributed by atoms with van der Waals surface area (Å²) in [5.41, 5.74) is 7.86. The number of nitrogens with two attached hydrogens (primary N) is 1. The van der Waals surface area contributed by atoms with Crippen LogP contribution in [0.5, 0.6) is 0 Å². The Morgan fingerprint density at radius 3 is 2.30 bits per heavy atom. The lowest BCUT2D eigenvalue weighted by molar-refractivity contribution is 0.0896. The number of benzene rings is 2. The van der Waals surface area contributed by atoms with Crippen LogP contribution in [-0.2, 0) is 24.3 Å². The van der Waals surface area contributed by atoms with E-state index in [1.54, 1.807) is 0 Å². The summed E-state index contributed by atoms with van der Waals surface area (Å²) in [6.07, 6.45) is 3.38. The minimum absolute atomic E-state index is 0.0318. The maximum atomic E-state index is 13.2. The summed E-state index contributed by atoms with van der Waals surface area (Å²) < 4.78 is 10.7. The van der Waals surface area contributed by atoms with Crippen molar-refractivity contribution in [3.63, 3.8) is 0 Å². The maximum Gasteiger partial charge on any atom is 0.408 e. The maximum absolute atomic E-state index is 13.2. The largest absolute Gasteiger partial charge is 0.445 e. The Labute approximate surface area is 235 Å². The van der Waals surface area contributed by atoms with Crippen molar-refractivity contribution in [1.29, 1.82) is 0 Å². The first-order valence-corrected chi connectivity index (χ1v) is 14.1. The zero-order chi connectivity index (χ0) is 28.0. The minimum atomic E-state index is -0.820. The van der Waals surface area contributed by atoms with Crippen molar-refractivity contribution in [2.75, 3.05) is 39.3 Å². The summed E-state index contributed by atoms with van der Waals surface area (Å²) in [6.45, 7) is 5.94. The van der Waals surface area contributed by atoms with Gasteiger partial charge in [0.05, 0.1) is 12.6 Å². The summed E-state index contributed by atoms with van der Waals surface area (Å²) in [4.78, 5) is 34.7. The Kier molecular flexibility index (Phi) is 11.6.